The minimum absolute atomic E-state index is 0.567. The number of rotatable bonds is 13. The van der Waals surface area contributed by atoms with Gasteiger partial charge in [-0.3, -0.25) is 9.13 Å². The molecule has 538 valence electrons. The number of benzene rings is 16. The molecule has 10 nitrogen and oxygen atoms in total. The molecule has 0 aliphatic heterocycles. The maximum absolute atomic E-state index is 9.64. The van der Waals surface area contributed by atoms with E-state index in [0.717, 1.165) is 178 Å². The number of nitrogens with zero attached hydrogens (tertiary/aromatic N) is 10. The highest BCUT2D eigenvalue weighted by molar-refractivity contribution is 6.15. The van der Waals surface area contributed by atoms with Crippen LogP contribution in [-0.4, -0.2) is 38.2 Å². The van der Waals surface area contributed by atoms with Gasteiger partial charge in [0.15, 0.2) is 0 Å². The van der Waals surface area contributed by atoms with Crippen LogP contribution in [0.1, 0.15) is 11.1 Å². The standard InChI is InChI=1S/C106H64N10/c107-65-67-35-39-73(40-36-67)95-63-93(71-21-6-2-7-22-71)109-105(111-95)115-99-33-16-12-29-87(99)91-61-78(47-53-103(91)115)76-45-51-101-89(59-76)85-27-10-14-31-97(85)113(101)83-49-43-70(44-50-83)81-55-80(69-19-4-1-5-20-69)56-82(57-81)75-25-18-26-84(58-75)114-98-32-15-11-28-86(98)90-60-77(46-52-102(90)114)79-48-54-104-92(62-79)88-30-13-17-34-100(88)116(104)106-110-94(72-23-8-3-9-24-72)64-96(112-106)74-41-37-68(66-108)38-42-74/h1-64H. The lowest BCUT2D eigenvalue weighted by Gasteiger charge is -2.14. The molecule has 22 aromatic rings. The zero-order chi connectivity index (χ0) is 76.9. The second kappa shape index (κ2) is 27.4. The highest BCUT2D eigenvalue weighted by Gasteiger charge is 2.24. The molecule has 116 heavy (non-hydrogen) atoms. The van der Waals surface area contributed by atoms with Gasteiger partial charge in [-0.25, -0.2) is 19.9 Å². The Morgan fingerprint density at radius 2 is 0.440 bits per heavy atom. The van der Waals surface area contributed by atoms with E-state index < -0.39 is 0 Å². The fourth-order valence-electron chi connectivity index (χ4n) is 17.3. The molecule has 0 radical (unpaired) electrons. The third-order valence-electron chi connectivity index (χ3n) is 22.9. The van der Waals surface area contributed by atoms with Crippen molar-refractivity contribution in [3.8, 4) is 136 Å². The smallest absolute Gasteiger partial charge is 0.235 e. The van der Waals surface area contributed by atoms with E-state index >= 15 is 0 Å². The van der Waals surface area contributed by atoms with E-state index in [1.165, 1.54) is 21.5 Å². The average Bonchev–Trinajstić information content (AvgIpc) is 1.61. The van der Waals surface area contributed by atoms with Crippen molar-refractivity contribution in [3.63, 3.8) is 0 Å². The van der Waals surface area contributed by atoms with Crippen LogP contribution in [0.2, 0.25) is 0 Å². The quantitative estimate of drug-likeness (QED) is 0.113. The van der Waals surface area contributed by atoms with Gasteiger partial charge in [0.1, 0.15) is 0 Å². The first kappa shape index (κ1) is 66.8. The van der Waals surface area contributed by atoms with Crippen LogP contribution in [0.4, 0.5) is 0 Å². The Kier molecular flexibility index (Phi) is 15.8. The summed E-state index contributed by atoms with van der Waals surface area (Å²) in [5, 5.41) is 28.4. The molecule has 0 amide bonds. The number of hydrogen-bond acceptors (Lipinski definition) is 6. The predicted octanol–water partition coefficient (Wildman–Crippen LogP) is 26.4. The zero-order valence-corrected chi connectivity index (χ0v) is 62.4. The first-order valence-corrected chi connectivity index (χ1v) is 38.8. The van der Waals surface area contributed by atoms with Gasteiger partial charge in [0.05, 0.1) is 90.2 Å². The molecule has 0 unspecified atom stereocenters. The molecule has 0 aliphatic rings. The Hall–Kier alpha value is -16.1. The van der Waals surface area contributed by atoms with Crippen molar-refractivity contribution in [2.24, 2.45) is 0 Å². The van der Waals surface area contributed by atoms with Crippen LogP contribution >= 0.6 is 0 Å². The van der Waals surface area contributed by atoms with E-state index in [1.54, 1.807) is 0 Å². The summed E-state index contributed by atoms with van der Waals surface area (Å²) in [5.74, 6) is 1.14. The zero-order valence-electron chi connectivity index (χ0n) is 62.4. The van der Waals surface area contributed by atoms with E-state index in [0.29, 0.717) is 23.0 Å². The Morgan fingerprint density at radius 1 is 0.172 bits per heavy atom. The van der Waals surface area contributed by atoms with Crippen molar-refractivity contribution in [2.45, 2.75) is 0 Å². The van der Waals surface area contributed by atoms with E-state index in [-0.39, 0.29) is 0 Å². The molecule has 0 atom stereocenters. The van der Waals surface area contributed by atoms with Gasteiger partial charge in [-0.1, -0.05) is 237 Å². The lowest BCUT2D eigenvalue weighted by Crippen LogP contribution is -2.04. The Bertz CT molecular complexity index is 7810. The van der Waals surface area contributed by atoms with Crippen molar-refractivity contribution < 1.29 is 0 Å². The van der Waals surface area contributed by atoms with Crippen LogP contribution in [0.5, 0.6) is 0 Å². The number of nitriles is 2. The highest BCUT2D eigenvalue weighted by atomic mass is 15.2. The van der Waals surface area contributed by atoms with Crippen LogP contribution in [0.15, 0.2) is 388 Å². The summed E-state index contributed by atoms with van der Waals surface area (Å²) in [5.41, 5.74) is 30.0. The molecule has 0 saturated heterocycles. The molecule has 6 heterocycles. The summed E-state index contributed by atoms with van der Waals surface area (Å²) in [6.07, 6.45) is 0. The Balaban J connectivity index is 0.594. The molecule has 0 aliphatic carbocycles. The van der Waals surface area contributed by atoms with Crippen molar-refractivity contribution in [1.29, 1.82) is 10.5 Å². The predicted molar refractivity (Wildman–Crippen MR) is 473 cm³/mol. The lowest BCUT2D eigenvalue weighted by atomic mass is 9.93. The van der Waals surface area contributed by atoms with Crippen molar-refractivity contribution in [2.75, 3.05) is 0 Å². The molecule has 16 aromatic carbocycles. The van der Waals surface area contributed by atoms with Gasteiger partial charge in [0.25, 0.3) is 0 Å². The number of hydrogen-bond donors (Lipinski definition) is 0. The average molecular weight is 1480 g/mol. The topological polar surface area (TPSA) is 119 Å². The summed E-state index contributed by atoms with van der Waals surface area (Å²) in [6, 6.07) is 142. The van der Waals surface area contributed by atoms with E-state index in [9.17, 15) is 10.5 Å². The van der Waals surface area contributed by atoms with Crippen LogP contribution in [0, 0.1) is 22.7 Å². The SMILES string of the molecule is N#Cc1ccc(-c2cc(-c3ccccc3)nc(-n3c4ccccc4c4cc(-c5ccc6c(c5)c5ccccc5n6-c5ccc(-c6cc(-c7ccccc7)cc(-c7cccc(-n8c9ccccc9c9cc(-c%10ccc%11c(c%10)c%10ccccc%10n%11-c%10nc(-c%11ccccc%11)cc(-c%11ccc(C#N)cc%11)n%10)ccc98)c7)c6)cc5)ccc43)n2)cc1. The Labute approximate surface area is 667 Å². The summed E-state index contributed by atoms with van der Waals surface area (Å²) in [4.78, 5) is 21.1. The summed E-state index contributed by atoms with van der Waals surface area (Å²) >= 11 is 0. The second-order valence-electron chi connectivity index (χ2n) is 29.6. The monoisotopic (exact) mass is 1480 g/mol. The molecule has 0 fully saturated rings. The Morgan fingerprint density at radius 3 is 0.819 bits per heavy atom. The lowest BCUT2D eigenvalue weighted by molar-refractivity contribution is 0.995. The summed E-state index contributed by atoms with van der Waals surface area (Å²) < 4.78 is 9.18. The second-order valence-corrected chi connectivity index (χ2v) is 29.6. The summed E-state index contributed by atoms with van der Waals surface area (Å²) in [6.45, 7) is 0. The fraction of sp³-hybridized carbons (Fsp3) is 0. The van der Waals surface area contributed by atoms with Gasteiger partial charge >= 0.3 is 0 Å². The molecule has 22 rings (SSSR count). The van der Waals surface area contributed by atoms with Crippen molar-refractivity contribution in [3.05, 3.63) is 399 Å². The van der Waals surface area contributed by atoms with Gasteiger partial charge < -0.3 is 9.13 Å². The molecule has 0 N–H and O–H groups in total. The summed E-state index contributed by atoms with van der Waals surface area (Å²) in [7, 11) is 0. The van der Waals surface area contributed by atoms with E-state index in [4.69, 9.17) is 19.9 Å². The number of fused-ring (bicyclic) bond motifs is 12. The maximum atomic E-state index is 9.64. The van der Waals surface area contributed by atoms with Gasteiger partial charge in [-0.2, -0.15) is 10.5 Å². The third-order valence-corrected chi connectivity index (χ3v) is 22.9. The third kappa shape index (κ3) is 11.4. The molecule has 0 spiro atoms. The first-order chi connectivity index (χ1) is 57.4. The van der Waals surface area contributed by atoms with E-state index in [2.05, 4.69) is 322 Å². The normalized spacial score (nSPS) is 11.6. The van der Waals surface area contributed by atoms with E-state index in [1.807, 2.05) is 97.1 Å². The number of para-hydroxylation sites is 4. The largest absolute Gasteiger partial charge is 0.309 e. The van der Waals surface area contributed by atoms with Crippen LogP contribution in [0.3, 0.4) is 0 Å². The van der Waals surface area contributed by atoms with Gasteiger partial charge in [0, 0.05) is 76.7 Å². The molecular formula is C106H64N10. The maximum Gasteiger partial charge on any atom is 0.235 e. The van der Waals surface area contributed by atoms with Gasteiger partial charge in [0.2, 0.25) is 11.9 Å². The van der Waals surface area contributed by atoms with Crippen molar-refractivity contribution in [1.82, 2.24) is 38.2 Å². The minimum Gasteiger partial charge on any atom is -0.309 e. The van der Waals surface area contributed by atoms with Crippen LogP contribution < -0.4 is 0 Å². The fourth-order valence-corrected chi connectivity index (χ4v) is 17.3. The van der Waals surface area contributed by atoms with Crippen LogP contribution in [0.25, 0.3) is 211 Å². The van der Waals surface area contributed by atoms with Gasteiger partial charge in [-0.05, 0) is 207 Å². The molecule has 0 saturated carbocycles. The van der Waals surface area contributed by atoms with Crippen LogP contribution in [-0.2, 0) is 0 Å². The van der Waals surface area contributed by atoms with Gasteiger partial charge in [-0.15, -0.1) is 0 Å². The first-order valence-electron chi connectivity index (χ1n) is 38.8. The molecule has 10 heteroatoms. The minimum atomic E-state index is 0.567. The highest BCUT2D eigenvalue weighted by Crippen LogP contribution is 2.44. The number of aromatic nitrogens is 8. The molecule has 0 bridgehead atoms. The molecule has 6 aromatic heterocycles. The van der Waals surface area contributed by atoms with Crippen molar-refractivity contribution >= 4 is 87.2 Å². The molecular weight excluding hydrogens is 1410 g/mol.